The molecular formula is C19H20N2O4. The minimum atomic E-state index is -1.00. The fourth-order valence-corrected chi connectivity index (χ4v) is 2.91. The maximum absolute atomic E-state index is 12.7. The summed E-state index contributed by atoms with van der Waals surface area (Å²) in [4.78, 5) is 23.7. The van der Waals surface area contributed by atoms with Gasteiger partial charge in [0.15, 0.2) is 0 Å². The van der Waals surface area contributed by atoms with Gasteiger partial charge in [-0.25, -0.2) is 5.01 Å². The Morgan fingerprint density at radius 3 is 2.64 bits per heavy atom. The van der Waals surface area contributed by atoms with Crippen molar-refractivity contribution in [1.82, 2.24) is 5.01 Å². The van der Waals surface area contributed by atoms with Gasteiger partial charge in [0.1, 0.15) is 11.8 Å². The maximum Gasteiger partial charge on any atom is 0.304 e. The summed E-state index contributed by atoms with van der Waals surface area (Å²) >= 11 is 0. The highest BCUT2D eigenvalue weighted by Gasteiger charge is 2.37. The number of aliphatic carboxylic acids is 1. The summed E-state index contributed by atoms with van der Waals surface area (Å²) in [6.45, 7) is 3.62. The summed E-state index contributed by atoms with van der Waals surface area (Å²) in [5.74, 6) is -1.33. The number of carboxylic acids is 1. The molecule has 25 heavy (non-hydrogen) atoms. The zero-order chi connectivity index (χ0) is 18.0. The van der Waals surface area contributed by atoms with Crippen molar-refractivity contribution in [3.05, 3.63) is 59.5 Å². The monoisotopic (exact) mass is 340 g/mol. The second-order valence-electron chi connectivity index (χ2n) is 6.33. The van der Waals surface area contributed by atoms with E-state index in [2.05, 4.69) is 5.10 Å². The Morgan fingerprint density at radius 2 is 2.04 bits per heavy atom. The first-order chi connectivity index (χ1) is 12.0. The van der Waals surface area contributed by atoms with Gasteiger partial charge >= 0.3 is 5.97 Å². The van der Waals surface area contributed by atoms with Crippen molar-refractivity contribution in [3.8, 4) is 0 Å². The highest BCUT2D eigenvalue weighted by molar-refractivity contribution is 6.03. The Bertz CT molecular complexity index is 793. The van der Waals surface area contributed by atoms with E-state index in [9.17, 15) is 9.59 Å². The van der Waals surface area contributed by atoms with Crippen molar-refractivity contribution >= 4 is 17.6 Å². The summed E-state index contributed by atoms with van der Waals surface area (Å²) in [6, 6.07) is 11.2. The highest BCUT2D eigenvalue weighted by atomic mass is 16.4. The molecular weight excluding hydrogens is 320 g/mol. The number of benzene rings is 1. The van der Waals surface area contributed by atoms with Crippen molar-refractivity contribution < 1.29 is 19.1 Å². The first-order valence-electron chi connectivity index (χ1n) is 8.18. The van der Waals surface area contributed by atoms with Gasteiger partial charge in [0.05, 0.1) is 18.4 Å². The van der Waals surface area contributed by atoms with Gasteiger partial charge in [-0.05, 0) is 24.6 Å². The van der Waals surface area contributed by atoms with Crippen LogP contribution in [0.2, 0.25) is 0 Å². The molecule has 6 heteroatoms. The van der Waals surface area contributed by atoms with E-state index in [1.54, 1.807) is 25.3 Å². The molecule has 3 rings (SSSR count). The average molecular weight is 340 g/mol. The molecule has 0 radical (unpaired) electrons. The smallest absolute Gasteiger partial charge is 0.304 e. The van der Waals surface area contributed by atoms with Crippen molar-refractivity contribution in [1.29, 1.82) is 0 Å². The number of hydrogen-bond donors (Lipinski definition) is 1. The van der Waals surface area contributed by atoms with E-state index in [4.69, 9.17) is 9.52 Å². The first-order valence-corrected chi connectivity index (χ1v) is 8.18. The van der Waals surface area contributed by atoms with Gasteiger partial charge in [0.2, 0.25) is 5.91 Å². The predicted molar refractivity (Wildman–Crippen MR) is 92.0 cm³/mol. The molecule has 130 valence electrons. The topological polar surface area (TPSA) is 83.1 Å². The molecule has 6 nitrogen and oxygen atoms in total. The molecule has 2 aromatic rings. The van der Waals surface area contributed by atoms with Crippen LogP contribution in [0.25, 0.3) is 0 Å². The molecule has 0 unspecified atom stereocenters. The van der Waals surface area contributed by atoms with E-state index >= 15 is 0 Å². The van der Waals surface area contributed by atoms with Gasteiger partial charge in [0.25, 0.3) is 0 Å². The number of hydrogen-bond acceptors (Lipinski definition) is 4. The van der Waals surface area contributed by atoms with Gasteiger partial charge < -0.3 is 9.52 Å². The number of aryl methyl sites for hydroxylation is 1. The predicted octanol–water partition coefficient (Wildman–Crippen LogP) is 3.38. The number of carbonyl (C=O) groups excluding carboxylic acids is 1. The van der Waals surface area contributed by atoms with Crippen LogP contribution in [0.1, 0.15) is 42.7 Å². The summed E-state index contributed by atoms with van der Waals surface area (Å²) in [5, 5.41) is 14.8. The number of carboxylic acid groups (broad SMARTS) is 1. The lowest BCUT2D eigenvalue weighted by Crippen LogP contribution is -2.32. The zero-order valence-electron chi connectivity index (χ0n) is 14.2. The maximum atomic E-state index is 12.7. The molecule has 1 N–H and O–H groups in total. The molecule has 0 fully saturated rings. The van der Waals surface area contributed by atoms with Gasteiger partial charge in [0, 0.05) is 12.3 Å². The number of amides is 1. The van der Waals surface area contributed by atoms with E-state index in [1.165, 1.54) is 5.01 Å². The summed E-state index contributed by atoms with van der Waals surface area (Å²) in [7, 11) is 0. The average Bonchev–Trinajstić information content (AvgIpc) is 3.23. The largest absolute Gasteiger partial charge is 0.481 e. The molecule has 2 atom stereocenters. The van der Waals surface area contributed by atoms with Crippen LogP contribution in [0.5, 0.6) is 0 Å². The molecule has 0 spiro atoms. The van der Waals surface area contributed by atoms with E-state index in [0.29, 0.717) is 12.2 Å². The van der Waals surface area contributed by atoms with Crippen LogP contribution in [-0.2, 0) is 9.59 Å². The number of rotatable bonds is 5. The van der Waals surface area contributed by atoms with Crippen molar-refractivity contribution in [2.45, 2.75) is 32.7 Å². The molecule has 2 heterocycles. The zero-order valence-corrected chi connectivity index (χ0v) is 14.2. The molecule has 1 aliphatic heterocycles. The van der Waals surface area contributed by atoms with Gasteiger partial charge in [-0.15, -0.1) is 0 Å². The molecule has 0 aliphatic carbocycles. The molecule has 1 aliphatic rings. The Labute approximate surface area is 145 Å². The fraction of sp³-hybridized carbons (Fsp3) is 0.316. The first kappa shape index (κ1) is 17.0. The Hall–Kier alpha value is -2.89. The molecule has 1 aromatic heterocycles. The lowest BCUT2D eigenvalue weighted by molar-refractivity contribution is -0.145. The third kappa shape index (κ3) is 3.63. The van der Waals surface area contributed by atoms with Crippen LogP contribution in [0.4, 0.5) is 0 Å². The molecule has 0 saturated carbocycles. The van der Waals surface area contributed by atoms with E-state index < -0.39 is 11.9 Å². The Balaban J connectivity index is 1.91. The lowest BCUT2D eigenvalue weighted by atomic mass is 10.0. The van der Waals surface area contributed by atoms with E-state index in [0.717, 1.165) is 16.8 Å². The minimum Gasteiger partial charge on any atom is -0.481 e. The van der Waals surface area contributed by atoms with Crippen LogP contribution in [0.15, 0.2) is 52.2 Å². The molecule has 1 amide bonds. The summed E-state index contributed by atoms with van der Waals surface area (Å²) in [6.07, 6.45) is 1.86. The highest BCUT2D eigenvalue weighted by Crippen LogP contribution is 2.34. The Morgan fingerprint density at radius 1 is 1.32 bits per heavy atom. The standard InChI is InChI=1S/C19H20N2O4/c1-12-5-7-14(8-6-12)15-11-16(17-4-3-9-25-17)21(20-15)19(24)13(2)10-18(22)23/h3-9,13,16H,10-11H2,1-2H3,(H,22,23)/t13-,16-/m1/s1. The number of carbonyl (C=O) groups is 2. The molecule has 1 aromatic carbocycles. The number of furan rings is 1. The van der Waals surface area contributed by atoms with Crippen molar-refractivity contribution in [3.63, 3.8) is 0 Å². The second-order valence-corrected chi connectivity index (χ2v) is 6.33. The van der Waals surface area contributed by atoms with Crippen LogP contribution in [0.3, 0.4) is 0 Å². The van der Waals surface area contributed by atoms with Crippen molar-refractivity contribution in [2.24, 2.45) is 11.0 Å². The van der Waals surface area contributed by atoms with Crippen LogP contribution >= 0.6 is 0 Å². The number of nitrogens with zero attached hydrogens (tertiary/aromatic N) is 2. The number of hydrazone groups is 1. The minimum absolute atomic E-state index is 0.227. The third-order valence-corrected chi connectivity index (χ3v) is 4.29. The fourth-order valence-electron chi connectivity index (χ4n) is 2.91. The summed E-state index contributed by atoms with van der Waals surface area (Å²) in [5.41, 5.74) is 2.88. The quantitative estimate of drug-likeness (QED) is 0.904. The second kappa shape index (κ2) is 6.93. The lowest BCUT2D eigenvalue weighted by Gasteiger charge is -2.22. The van der Waals surface area contributed by atoms with Crippen LogP contribution in [0, 0.1) is 12.8 Å². The SMILES string of the molecule is Cc1ccc(C2=NN(C(=O)[C@H](C)CC(=O)O)[C@@H](c3ccco3)C2)cc1. The molecule has 0 saturated heterocycles. The van der Waals surface area contributed by atoms with Crippen LogP contribution in [-0.4, -0.2) is 27.7 Å². The van der Waals surface area contributed by atoms with Crippen LogP contribution < -0.4 is 0 Å². The normalized spacial score (nSPS) is 18.1. The van der Waals surface area contributed by atoms with E-state index in [1.807, 2.05) is 31.2 Å². The van der Waals surface area contributed by atoms with E-state index in [-0.39, 0.29) is 18.4 Å². The molecule has 0 bridgehead atoms. The van der Waals surface area contributed by atoms with Crippen molar-refractivity contribution in [2.75, 3.05) is 0 Å². The van der Waals surface area contributed by atoms with Gasteiger partial charge in [-0.3, -0.25) is 9.59 Å². The summed E-state index contributed by atoms with van der Waals surface area (Å²) < 4.78 is 5.48. The Kier molecular flexibility index (Phi) is 4.70. The van der Waals surface area contributed by atoms with Gasteiger partial charge in [-0.1, -0.05) is 36.8 Å². The van der Waals surface area contributed by atoms with Gasteiger partial charge in [-0.2, -0.15) is 5.10 Å². The third-order valence-electron chi connectivity index (χ3n) is 4.29.